The molecule has 0 spiro atoms. The number of carbonyl (C=O) groups is 2. The van der Waals surface area contributed by atoms with Gasteiger partial charge in [0, 0.05) is 16.5 Å². The van der Waals surface area contributed by atoms with Gasteiger partial charge in [-0.15, -0.1) is 0 Å². The molecule has 98 valence electrons. The van der Waals surface area contributed by atoms with Gasteiger partial charge in [-0.2, -0.15) is 0 Å². The molecule has 2 N–H and O–H groups in total. The number of aliphatic carboxylic acids is 1. The standard InChI is InChI=1S/C11H13NO5S/c1-17-9-4-2-8(3-5-9)12-10(13)6-18(16)7-11(14)15/h2-5H,6-7H2,1H3,(H,12,13)(H,14,15)/t18-/m1/s1. The number of carboxylic acids is 1. The molecular weight excluding hydrogens is 258 g/mol. The van der Waals surface area contributed by atoms with E-state index >= 15 is 0 Å². The number of methoxy groups -OCH3 is 1. The van der Waals surface area contributed by atoms with Crippen molar-refractivity contribution in [2.75, 3.05) is 23.9 Å². The van der Waals surface area contributed by atoms with Gasteiger partial charge in [-0.3, -0.25) is 13.8 Å². The van der Waals surface area contributed by atoms with Crippen molar-refractivity contribution in [3.8, 4) is 5.75 Å². The zero-order valence-electron chi connectivity index (χ0n) is 9.71. The summed E-state index contributed by atoms with van der Waals surface area (Å²) < 4.78 is 16.2. The molecule has 1 atom stereocenters. The lowest BCUT2D eigenvalue weighted by atomic mass is 10.3. The Hall–Kier alpha value is -1.89. The van der Waals surface area contributed by atoms with Crippen molar-refractivity contribution < 1.29 is 23.6 Å². The van der Waals surface area contributed by atoms with E-state index in [0.717, 1.165) is 0 Å². The second-order valence-electron chi connectivity index (χ2n) is 3.40. The molecule has 6 nitrogen and oxygen atoms in total. The van der Waals surface area contributed by atoms with Crippen LogP contribution in [0.1, 0.15) is 0 Å². The monoisotopic (exact) mass is 271 g/mol. The lowest BCUT2D eigenvalue weighted by Crippen LogP contribution is -2.23. The van der Waals surface area contributed by atoms with Gasteiger partial charge in [-0.1, -0.05) is 0 Å². The smallest absolute Gasteiger partial charge is 0.316 e. The second kappa shape index (κ2) is 6.75. The molecule has 0 aliphatic rings. The lowest BCUT2D eigenvalue weighted by molar-refractivity contribution is -0.133. The summed E-state index contributed by atoms with van der Waals surface area (Å²) in [6.45, 7) is 0. The van der Waals surface area contributed by atoms with Gasteiger partial charge < -0.3 is 15.2 Å². The second-order valence-corrected chi connectivity index (χ2v) is 4.86. The van der Waals surface area contributed by atoms with Gasteiger partial charge >= 0.3 is 5.97 Å². The van der Waals surface area contributed by atoms with Crippen molar-refractivity contribution in [2.24, 2.45) is 0 Å². The summed E-state index contributed by atoms with van der Waals surface area (Å²) in [6.07, 6.45) is 0. The normalized spacial score (nSPS) is 11.6. The highest BCUT2D eigenvalue weighted by Crippen LogP contribution is 2.14. The summed E-state index contributed by atoms with van der Waals surface area (Å²) >= 11 is 0. The van der Waals surface area contributed by atoms with E-state index in [2.05, 4.69) is 5.32 Å². The van der Waals surface area contributed by atoms with Crippen LogP contribution in [0, 0.1) is 0 Å². The van der Waals surface area contributed by atoms with Gasteiger partial charge in [0.1, 0.15) is 17.3 Å². The van der Waals surface area contributed by atoms with Crippen molar-refractivity contribution >= 4 is 28.4 Å². The molecule has 0 unspecified atom stereocenters. The number of anilines is 1. The number of hydrogen-bond donors (Lipinski definition) is 2. The SMILES string of the molecule is COc1ccc(NC(=O)C[S@@](=O)CC(=O)O)cc1. The molecule has 1 amide bonds. The summed E-state index contributed by atoms with van der Waals surface area (Å²) in [5.74, 6) is -1.89. The predicted molar refractivity (Wildman–Crippen MR) is 67.1 cm³/mol. The van der Waals surface area contributed by atoms with Gasteiger partial charge in [-0.05, 0) is 24.3 Å². The lowest BCUT2D eigenvalue weighted by Gasteiger charge is -2.05. The molecule has 1 aromatic carbocycles. The average Bonchev–Trinajstić information content (AvgIpc) is 2.28. The van der Waals surface area contributed by atoms with Crippen molar-refractivity contribution in [1.82, 2.24) is 0 Å². The Labute approximate surface area is 106 Å². The molecule has 0 saturated carbocycles. The van der Waals surface area contributed by atoms with E-state index < -0.39 is 28.4 Å². The van der Waals surface area contributed by atoms with Crippen LogP contribution in [0.25, 0.3) is 0 Å². The molecule has 0 aliphatic heterocycles. The van der Waals surface area contributed by atoms with Gasteiger partial charge in [0.05, 0.1) is 7.11 Å². The third kappa shape index (κ3) is 4.96. The van der Waals surface area contributed by atoms with Gasteiger partial charge in [-0.25, -0.2) is 0 Å². The van der Waals surface area contributed by atoms with E-state index in [9.17, 15) is 13.8 Å². The molecular formula is C11H13NO5S. The molecule has 0 fully saturated rings. The van der Waals surface area contributed by atoms with Crippen LogP contribution in [0.3, 0.4) is 0 Å². The molecule has 0 saturated heterocycles. The number of nitrogens with one attached hydrogen (secondary N) is 1. The minimum absolute atomic E-state index is 0.335. The fourth-order valence-electron chi connectivity index (χ4n) is 1.21. The van der Waals surface area contributed by atoms with Crippen LogP contribution < -0.4 is 10.1 Å². The quantitative estimate of drug-likeness (QED) is 0.784. The van der Waals surface area contributed by atoms with Gasteiger partial charge in [0.25, 0.3) is 0 Å². The van der Waals surface area contributed by atoms with Crippen LogP contribution in [0.15, 0.2) is 24.3 Å². The Bertz CT molecular complexity index is 457. The maximum absolute atomic E-state index is 11.4. The topological polar surface area (TPSA) is 92.7 Å². The molecule has 1 rings (SSSR count). The number of hydrogen-bond acceptors (Lipinski definition) is 4. The highest BCUT2D eigenvalue weighted by Gasteiger charge is 2.11. The third-order valence-electron chi connectivity index (χ3n) is 1.95. The highest BCUT2D eigenvalue weighted by molar-refractivity contribution is 7.86. The molecule has 1 aromatic rings. The summed E-state index contributed by atoms with van der Waals surface area (Å²) in [7, 11) is -0.166. The van der Waals surface area contributed by atoms with Crippen LogP contribution in [-0.2, 0) is 20.4 Å². The van der Waals surface area contributed by atoms with E-state index in [0.29, 0.717) is 11.4 Å². The highest BCUT2D eigenvalue weighted by atomic mass is 32.2. The average molecular weight is 271 g/mol. The third-order valence-corrected chi connectivity index (χ3v) is 3.10. The molecule has 0 heterocycles. The van der Waals surface area contributed by atoms with E-state index in [-0.39, 0.29) is 5.75 Å². The molecule has 0 aromatic heterocycles. The number of carbonyl (C=O) groups excluding carboxylic acids is 1. The Kier molecular flexibility index (Phi) is 5.31. The molecule has 0 radical (unpaired) electrons. The first kappa shape index (κ1) is 14.2. The number of carboxylic acid groups (broad SMARTS) is 1. The number of rotatable bonds is 6. The van der Waals surface area contributed by atoms with Crippen molar-refractivity contribution in [3.63, 3.8) is 0 Å². The zero-order chi connectivity index (χ0) is 13.5. The minimum atomic E-state index is -1.70. The molecule has 0 bridgehead atoms. The summed E-state index contributed by atoms with van der Waals surface area (Å²) in [5.41, 5.74) is 0.535. The maximum Gasteiger partial charge on any atom is 0.316 e. The first-order valence-corrected chi connectivity index (χ1v) is 6.50. The molecule has 0 aliphatic carbocycles. The summed E-state index contributed by atoms with van der Waals surface area (Å²) in [6, 6.07) is 6.61. The van der Waals surface area contributed by atoms with E-state index in [1.165, 1.54) is 7.11 Å². The van der Waals surface area contributed by atoms with Gasteiger partial charge in [0.2, 0.25) is 5.91 Å². The van der Waals surface area contributed by atoms with E-state index in [1.807, 2.05) is 0 Å². The largest absolute Gasteiger partial charge is 0.497 e. The van der Waals surface area contributed by atoms with Crippen molar-refractivity contribution in [1.29, 1.82) is 0 Å². The Balaban J connectivity index is 2.48. The van der Waals surface area contributed by atoms with Crippen LogP contribution in [-0.4, -0.2) is 39.8 Å². The van der Waals surface area contributed by atoms with Crippen molar-refractivity contribution in [3.05, 3.63) is 24.3 Å². The van der Waals surface area contributed by atoms with Crippen molar-refractivity contribution in [2.45, 2.75) is 0 Å². The van der Waals surface area contributed by atoms with Crippen LogP contribution in [0.5, 0.6) is 5.75 Å². The Morgan fingerprint density at radius 1 is 1.28 bits per heavy atom. The number of ether oxygens (including phenoxy) is 1. The summed E-state index contributed by atoms with van der Waals surface area (Å²) in [4.78, 5) is 21.7. The predicted octanol–water partition coefficient (Wildman–Crippen LogP) is 0.467. The minimum Gasteiger partial charge on any atom is -0.497 e. The molecule has 18 heavy (non-hydrogen) atoms. The fourth-order valence-corrected chi connectivity index (χ4v) is 1.95. The Morgan fingerprint density at radius 3 is 2.39 bits per heavy atom. The first-order chi connectivity index (χ1) is 8.51. The zero-order valence-corrected chi connectivity index (χ0v) is 10.5. The van der Waals surface area contributed by atoms with Crippen LogP contribution in [0.4, 0.5) is 5.69 Å². The molecule has 7 heteroatoms. The van der Waals surface area contributed by atoms with Crippen LogP contribution in [0.2, 0.25) is 0 Å². The fraction of sp³-hybridized carbons (Fsp3) is 0.273. The Morgan fingerprint density at radius 2 is 1.89 bits per heavy atom. The first-order valence-electron chi connectivity index (χ1n) is 5.02. The van der Waals surface area contributed by atoms with E-state index in [1.54, 1.807) is 24.3 Å². The number of amides is 1. The number of benzene rings is 1. The summed E-state index contributed by atoms with van der Waals surface area (Å²) in [5, 5.41) is 10.9. The van der Waals surface area contributed by atoms with Gasteiger partial charge in [0.15, 0.2) is 0 Å². The van der Waals surface area contributed by atoms with Crippen LogP contribution >= 0.6 is 0 Å². The maximum atomic E-state index is 11.4. The van der Waals surface area contributed by atoms with E-state index in [4.69, 9.17) is 9.84 Å².